The van der Waals surface area contributed by atoms with Crippen molar-refractivity contribution in [3.63, 3.8) is 0 Å². The number of pyridine rings is 1. The second-order valence-electron chi connectivity index (χ2n) is 8.34. The molecular formula is C23H17Cl2N9Na2O9S3. The average Bonchev–Trinajstić information content (AvgIpc) is 2.99. The number of nitrogens with one attached hydrogen (secondary N) is 1. The zero-order chi connectivity index (χ0) is 32.9. The number of carbonyl (C=O) groups is 1. The molecule has 2 aromatic heterocycles. The molecule has 4 rings (SSSR count). The van der Waals surface area contributed by atoms with E-state index >= 15 is 0 Å². The van der Waals surface area contributed by atoms with Gasteiger partial charge in [-0.2, -0.15) is 9.32 Å². The third-order valence-corrected chi connectivity index (χ3v) is 8.49. The molecule has 0 saturated heterocycles. The van der Waals surface area contributed by atoms with E-state index < -0.39 is 36.4 Å². The first-order chi connectivity index (χ1) is 21.2. The van der Waals surface area contributed by atoms with Gasteiger partial charge in [0.2, 0.25) is 0 Å². The Kier molecular flexibility index (Phi) is 16.9. The summed E-state index contributed by atoms with van der Waals surface area (Å²) in [5.41, 5.74) is 10.4. The number of nitrogen functional groups attached to an aromatic ring is 1. The molecule has 5 N–H and O–H groups in total. The average molecular weight is 777 g/mol. The monoisotopic (exact) mass is 775 g/mol. The number of hydrogen-bond donors (Lipinski definition) is 3. The minimum Gasteiger partial charge on any atom is -1.00 e. The number of benzene rings is 2. The van der Waals surface area contributed by atoms with E-state index in [-0.39, 0.29) is 121 Å². The number of carbonyl (C=O) groups excluding carboxylic acids is 1. The Labute approximate surface area is 332 Å². The maximum Gasteiger partial charge on any atom is 1.00 e. The van der Waals surface area contributed by atoms with Crippen molar-refractivity contribution in [2.24, 2.45) is 16.0 Å². The SMILES string of the molecule is C=CS(=O)(=O)c1ccc(N=Nc2cc(N)c(S(=O)(=O)[O-])cc2Nc2nc(Cl)nc(-[n+]3cccc(C(N)=O)c3)n2)c(SOO[O-])c1.[Cl-].[Na+].[Na+]. The van der Waals surface area contributed by atoms with Gasteiger partial charge >= 0.3 is 76.3 Å². The molecule has 0 fully saturated rings. The largest absolute Gasteiger partial charge is 1.00 e. The summed E-state index contributed by atoms with van der Waals surface area (Å²) < 4.78 is 65.7. The number of sulfone groups is 1. The number of azo groups is 1. The predicted octanol–water partition coefficient (Wildman–Crippen LogP) is -7.29. The van der Waals surface area contributed by atoms with Crippen molar-refractivity contribution in [1.29, 1.82) is 0 Å². The number of amides is 1. The van der Waals surface area contributed by atoms with Gasteiger partial charge in [-0.15, -0.1) is 10.2 Å². The van der Waals surface area contributed by atoms with Crippen molar-refractivity contribution in [1.82, 2.24) is 15.0 Å². The van der Waals surface area contributed by atoms with Gasteiger partial charge in [0.05, 0.1) is 56.1 Å². The fourth-order valence-electron chi connectivity index (χ4n) is 3.44. The minimum atomic E-state index is -5.09. The van der Waals surface area contributed by atoms with Crippen LogP contribution in [0.5, 0.6) is 0 Å². The van der Waals surface area contributed by atoms with Gasteiger partial charge in [0, 0.05) is 5.41 Å². The van der Waals surface area contributed by atoms with Crippen molar-refractivity contribution < 1.29 is 117 Å². The normalized spacial score (nSPS) is 11.1. The topological polar surface area (TPSA) is 281 Å². The standard InChI is InChI=1S/C23H18ClN9O9S3.ClH.2Na/c1-2-44(36,37)13-5-6-15(18(8-13)43-42-41-35)31-32-17-9-14(25)19(45(38,39)40)10-16(17)27-22-28-21(24)29-23(30-22)33-7-3-4-12(11-33)20(26)34;;;/h2-11H,1,25H2,(H4-,26,27,28,29,30,34,35,38,39,40);1H;;/q;;2*+1/p-2. The molecule has 0 aliphatic rings. The van der Waals surface area contributed by atoms with Crippen LogP contribution in [0.25, 0.3) is 5.95 Å². The molecule has 0 bridgehead atoms. The van der Waals surface area contributed by atoms with E-state index in [0.717, 1.165) is 18.2 Å². The van der Waals surface area contributed by atoms with Gasteiger partial charge in [-0.1, -0.05) is 6.58 Å². The van der Waals surface area contributed by atoms with Gasteiger partial charge in [0.1, 0.15) is 21.5 Å². The molecule has 0 radical (unpaired) electrons. The Balaban J connectivity index is 0.00000384. The second-order valence-corrected chi connectivity index (χ2v) is 12.7. The summed E-state index contributed by atoms with van der Waals surface area (Å²) in [4.78, 5) is 22.7. The van der Waals surface area contributed by atoms with Crippen molar-refractivity contribution >= 4 is 78.2 Å². The van der Waals surface area contributed by atoms with E-state index in [4.69, 9.17) is 23.1 Å². The first-order valence-corrected chi connectivity index (χ1v) is 15.7. The summed E-state index contributed by atoms with van der Waals surface area (Å²) >= 11 is 6.40. The van der Waals surface area contributed by atoms with E-state index in [1.165, 1.54) is 41.2 Å². The molecule has 25 heteroatoms. The molecule has 0 spiro atoms. The van der Waals surface area contributed by atoms with Crippen LogP contribution in [0.2, 0.25) is 5.28 Å². The van der Waals surface area contributed by atoms with Crippen molar-refractivity contribution in [2.75, 3.05) is 11.1 Å². The first kappa shape index (κ1) is 43.7. The Morgan fingerprint density at radius 1 is 1.08 bits per heavy atom. The van der Waals surface area contributed by atoms with Crippen LogP contribution in [0, 0.1) is 0 Å². The van der Waals surface area contributed by atoms with Gasteiger partial charge < -0.3 is 39.0 Å². The van der Waals surface area contributed by atoms with Gasteiger partial charge in [0.25, 0.3) is 5.91 Å². The molecule has 1 amide bonds. The van der Waals surface area contributed by atoms with Crippen LogP contribution in [0.4, 0.5) is 28.7 Å². The van der Waals surface area contributed by atoms with E-state index in [1.807, 2.05) is 0 Å². The van der Waals surface area contributed by atoms with Gasteiger partial charge in [-0.3, -0.25) is 9.83 Å². The summed E-state index contributed by atoms with van der Waals surface area (Å²) in [6, 6.07) is 8.31. The summed E-state index contributed by atoms with van der Waals surface area (Å²) in [6.07, 6.45) is 2.81. The number of halogens is 2. The van der Waals surface area contributed by atoms with Crippen molar-refractivity contribution in [3.8, 4) is 5.95 Å². The molecular weight excluding hydrogens is 759 g/mol. The third kappa shape index (κ3) is 11.1. The van der Waals surface area contributed by atoms with E-state index in [1.54, 1.807) is 0 Å². The maximum absolute atomic E-state index is 12.2. The van der Waals surface area contributed by atoms with Gasteiger partial charge in [0.15, 0.2) is 9.84 Å². The molecule has 0 atom stereocenters. The number of rotatable bonds is 12. The molecule has 0 aliphatic carbocycles. The molecule has 2 heterocycles. The van der Waals surface area contributed by atoms with Gasteiger partial charge in [-0.25, -0.2) is 21.4 Å². The molecule has 4 aromatic rings. The fourth-order valence-corrected chi connectivity index (χ4v) is 5.48. The van der Waals surface area contributed by atoms with E-state index in [9.17, 15) is 31.4 Å². The van der Waals surface area contributed by atoms with E-state index in [0.29, 0.717) is 17.5 Å². The Morgan fingerprint density at radius 2 is 1.77 bits per heavy atom. The van der Waals surface area contributed by atoms with Crippen LogP contribution in [-0.4, -0.2) is 42.2 Å². The molecule has 18 nitrogen and oxygen atoms in total. The van der Waals surface area contributed by atoms with Crippen LogP contribution >= 0.6 is 23.6 Å². The third-order valence-electron chi connectivity index (χ3n) is 5.45. The maximum atomic E-state index is 12.2. The van der Waals surface area contributed by atoms with Crippen molar-refractivity contribution in [2.45, 2.75) is 14.7 Å². The van der Waals surface area contributed by atoms with Crippen molar-refractivity contribution in [3.05, 3.63) is 77.7 Å². The Morgan fingerprint density at radius 3 is 2.40 bits per heavy atom. The number of nitrogens with two attached hydrogens (primary N) is 2. The fraction of sp³-hybridized carbons (Fsp3) is 0. The molecule has 242 valence electrons. The minimum absolute atomic E-state index is 0. The van der Waals surface area contributed by atoms with E-state index in [2.05, 4.69) is 46.4 Å². The smallest absolute Gasteiger partial charge is 1.00 e. The summed E-state index contributed by atoms with van der Waals surface area (Å²) in [5, 5.41) is 24.9. The zero-order valence-electron chi connectivity index (χ0n) is 24.5. The molecule has 2 aromatic carbocycles. The quantitative estimate of drug-likeness (QED) is 0.0176. The summed E-state index contributed by atoms with van der Waals surface area (Å²) in [6.45, 7) is 3.25. The second kappa shape index (κ2) is 18.6. The van der Waals surface area contributed by atoms with Crippen LogP contribution in [0.3, 0.4) is 0 Å². The van der Waals surface area contributed by atoms with Crippen LogP contribution < -0.4 is 98.1 Å². The molecule has 0 aliphatic heterocycles. The van der Waals surface area contributed by atoms with Crippen LogP contribution in [0.1, 0.15) is 10.4 Å². The number of hydrogen-bond acceptors (Lipinski definition) is 17. The number of aromatic nitrogens is 4. The molecule has 0 unspecified atom stereocenters. The Hall–Kier alpha value is -2.32. The van der Waals surface area contributed by atoms with Crippen LogP contribution in [-0.2, 0) is 29.3 Å². The van der Waals surface area contributed by atoms with Gasteiger partial charge in [-0.05, 0) is 64.0 Å². The molecule has 0 saturated carbocycles. The zero-order valence-corrected chi connectivity index (χ0v) is 32.4. The predicted molar refractivity (Wildman–Crippen MR) is 153 cm³/mol. The first-order valence-electron chi connectivity index (χ1n) is 11.7. The summed E-state index contributed by atoms with van der Waals surface area (Å²) in [5.74, 6) is -1.09. The van der Waals surface area contributed by atoms with Crippen LogP contribution in [0.15, 0.2) is 91.8 Å². The molecule has 48 heavy (non-hydrogen) atoms. The number of nitrogens with zero attached hydrogens (tertiary/aromatic N) is 6. The Bertz CT molecular complexity index is 2080. The number of anilines is 3. The number of primary amides is 1. The summed E-state index contributed by atoms with van der Waals surface area (Å²) in [7, 11) is -8.98.